The minimum absolute atomic E-state index is 0.152. The molecule has 8 heteroatoms. The first-order valence-corrected chi connectivity index (χ1v) is 10.6. The van der Waals surface area contributed by atoms with E-state index in [1.54, 1.807) is 30.5 Å². The molecule has 0 aliphatic heterocycles. The van der Waals surface area contributed by atoms with Gasteiger partial charge in [-0.1, -0.05) is 40.2 Å². The predicted molar refractivity (Wildman–Crippen MR) is 118 cm³/mol. The minimum Gasteiger partial charge on any atom is -0.493 e. The number of rotatable bonds is 8. The van der Waals surface area contributed by atoms with Gasteiger partial charge in [0.1, 0.15) is 5.75 Å². The van der Waals surface area contributed by atoms with Crippen molar-refractivity contribution in [2.45, 2.75) is 13.3 Å². The van der Waals surface area contributed by atoms with E-state index in [-0.39, 0.29) is 18.4 Å². The molecule has 150 valence electrons. The highest BCUT2D eigenvalue weighted by Gasteiger charge is 2.14. The molecule has 6 nitrogen and oxygen atoms in total. The van der Waals surface area contributed by atoms with E-state index in [1.165, 1.54) is 11.3 Å². The van der Waals surface area contributed by atoms with Crippen molar-refractivity contribution in [2.75, 3.05) is 18.5 Å². The Bertz CT molecular complexity index is 989. The topological polar surface area (TPSA) is 80.3 Å². The summed E-state index contributed by atoms with van der Waals surface area (Å²) in [6.07, 6.45) is 2.49. The molecule has 29 heavy (non-hydrogen) atoms. The molecular formula is C21H20BrN3O3S. The maximum absolute atomic E-state index is 12.3. The molecule has 0 aliphatic carbocycles. The van der Waals surface area contributed by atoms with Crippen LogP contribution >= 0.6 is 27.3 Å². The number of benzene rings is 2. The number of carbonyl (C=O) groups excluding carboxylic acids is 2. The van der Waals surface area contributed by atoms with Gasteiger partial charge >= 0.3 is 0 Å². The lowest BCUT2D eigenvalue weighted by Gasteiger charge is -2.10. The summed E-state index contributed by atoms with van der Waals surface area (Å²) in [4.78, 5) is 29.8. The quantitative estimate of drug-likeness (QED) is 0.511. The van der Waals surface area contributed by atoms with E-state index in [9.17, 15) is 9.59 Å². The first-order chi connectivity index (χ1) is 14.0. The van der Waals surface area contributed by atoms with Gasteiger partial charge in [0.25, 0.3) is 5.91 Å². The first kappa shape index (κ1) is 21.0. The SMILES string of the molecule is CCOc1ccccc1C(=O)NCC(=O)Nc1ncc(Cc2ccc(Br)cc2)s1. The molecule has 2 amide bonds. The lowest BCUT2D eigenvalue weighted by Crippen LogP contribution is -2.33. The highest BCUT2D eigenvalue weighted by atomic mass is 79.9. The van der Waals surface area contributed by atoms with Gasteiger partial charge in [-0.05, 0) is 36.8 Å². The molecule has 0 radical (unpaired) electrons. The molecule has 2 N–H and O–H groups in total. The van der Waals surface area contributed by atoms with Gasteiger partial charge in [-0.15, -0.1) is 11.3 Å². The summed E-state index contributed by atoms with van der Waals surface area (Å²) < 4.78 is 6.48. The van der Waals surface area contributed by atoms with Crippen molar-refractivity contribution in [3.05, 3.63) is 75.2 Å². The Kier molecular flexibility index (Phi) is 7.37. The minimum atomic E-state index is -0.362. The van der Waals surface area contributed by atoms with Gasteiger partial charge in [0, 0.05) is 22.0 Å². The molecule has 0 saturated carbocycles. The third-order valence-corrected chi connectivity index (χ3v) is 5.37. The Morgan fingerprint density at radius 3 is 2.66 bits per heavy atom. The summed E-state index contributed by atoms with van der Waals surface area (Å²) >= 11 is 4.83. The highest BCUT2D eigenvalue weighted by molar-refractivity contribution is 9.10. The first-order valence-electron chi connectivity index (χ1n) is 9.04. The highest BCUT2D eigenvalue weighted by Crippen LogP contribution is 2.22. The third kappa shape index (κ3) is 6.13. The average Bonchev–Trinajstić information content (AvgIpc) is 3.15. The van der Waals surface area contributed by atoms with Crippen LogP contribution < -0.4 is 15.4 Å². The summed E-state index contributed by atoms with van der Waals surface area (Å²) in [7, 11) is 0. The zero-order chi connectivity index (χ0) is 20.6. The number of carbonyl (C=O) groups is 2. The van der Waals surface area contributed by atoms with E-state index in [0.717, 1.165) is 21.3 Å². The average molecular weight is 474 g/mol. The third-order valence-electron chi connectivity index (χ3n) is 3.93. The number of nitrogens with zero attached hydrogens (tertiary/aromatic N) is 1. The fraction of sp³-hybridized carbons (Fsp3) is 0.190. The lowest BCUT2D eigenvalue weighted by atomic mass is 10.1. The van der Waals surface area contributed by atoms with Gasteiger partial charge < -0.3 is 15.4 Å². The number of amides is 2. The molecule has 2 aromatic carbocycles. The number of aromatic nitrogens is 1. The second-order valence-corrected chi connectivity index (χ2v) is 8.13. The standard InChI is InChI=1S/C21H20BrN3O3S/c1-2-28-18-6-4-3-5-17(18)20(27)23-13-19(26)25-21-24-12-16(29-21)11-14-7-9-15(22)10-8-14/h3-10,12H,2,11,13H2,1H3,(H,23,27)(H,24,25,26). The molecule has 0 atom stereocenters. The van der Waals surface area contributed by atoms with E-state index in [4.69, 9.17) is 4.74 Å². The van der Waals surface area contributed by atoms with Gasteiger partial charge in [0.05, 0.1) is 18.7 Å². The van der Waals surface area contributed by atoms with Crippen molar-refractivity contribution in [2.24, 2.45) is 0 Å². The zero-order valence-electron chi connectivity index (χ0n) is 15.8. The van der Waals surface area contributed by atoms with Crippen molar-refractivity contribution >= 4 is 44.2 Å². The van der Waals surface area contributed by atoms with Crippen LogP contribution in [0.5, 0.6) is 5.75 Å². The summed E-state index contributed by atoms with van der Waals surface area (Å²) in [6, 6.07) is 15.0. The smallest absolute Gasteiger partial charge is 0.255 e. The zero-order valence-corrected chi connectivity index (χ0v) is 18.2. The number of hydrogen-bond acceptors (Lipinski definition) is 5. The number of hydrogen-bond donors (Lipinski definition) is 2. The van der Waals surface area contributed by atoms with Crippen LogP contribution in [0, 0.1) is 0 Å². The fourth-order valence-corrected chi connectivity index (χ4v) is 3.73. The Balaban J connectivity index is 1.51. The molecule has 0 fully saturated rings. The molecule has 0 spiro atoms. The second kappa shape index (κ2) is 10.2. The van der Waals surface area contributed by atoms with Gasteiger partial charge in [-0.25, -0.2) is 4.98 Å². The maximum atomic E-state index is 12.3. The van der Waals surface area contributed by atoms with Crippen LogP contribution in [0.1, 0.15) is 27.7 Å². The molecule has 3 rings (SSSR count). The van der Waals surface area contributed by atoms with E-state index in [2.05, 4.69) is 31.5 Å². The Morgan fingerprint density at radius 1 is 1.14 bits per heavy atom. The van der Waals surface area contributed by atoms with Crippen molar-refractivity contribution in [3.63, 3.8) is 0 Å². The summed E-state index contributed by atoms with van der Waals surface area (Å²) in [6.45, 7) is 2.15. The number of thiazole rings is 1. The number of nitrogens with one attached hydrogen (secondary N) is 2. The fourth-order valence-electron chi connectivity index (χ4n) is 2.61. The lowest BCUT2D eigenvalue weighted by molar-refractivity contribution is -0.115. The van der Waals surface area contributed by atoms with Crippen LogP contribution in [0.4, 0.5) is 5.13 Å². The number of halogens is 1. The largest absolute Gasteiger partial charge is 0.493 e. The molecule has 1 heterocycles. The Hall–Kier alpha value is -2.71. The molecule has 1 aromatic heterocycles. The van der Waals surface area contributed by atoms with Gasteiger partial charge in [-0.2, -0.15) is 0 Å². The Morgan fingerprint density at radius 2 is 1.90 bits per heavy atom. The number of anilines is 1. The monoisotopic (exact) mass is 473 g/mol. The molecule has 0 unspecified atom stereocenters. The molecule has 0 saturated heterocycles. The van der Waals surface area contributed by atoms with Crippen LogP contribution in [0.3, 0.4) is 0 Å². The van der Waals surface area contributed by atoms with Gasteiger partial charge in [-0.3, -0.25) is 9.59 Å². The van der Waals surface area contributed by atoms with E-state index >= 15 is 0 Å². The second-order valence-electron chi connectivity index (χ2n) is 6.09. The van der Waals surface area contributed by atoms with E-state index < -0.39 is 0 Å². The van der Waals surface area contributed by atoms with E-state index in [0.29, 0.717) is 23.1 Å². The van der Waals surface area contributed by atoms with E-state index in [1.807, 2.05) is 31.2 Å². The van der Waals surface area contributed by atoms with Crippen molar-refractivity contribution < 1.29 is 14.3 Å². The normalized spacial score (nSPS) is 10.4. The predicted octanol–water partition coefficient (Wildman–Crippen LogP) is 4.26. The van der Waals surface area contributed by atoms with Crippen LogP contribution in [-0.2, 0) is 11.2 Å². The van der Waals surface area contributed by atoms with Crippen LogP contribution in [0.2, 0.25) is 0 Å². The Labute approximate surface area is 181 Å². The molecular weight excluding hydrogens is 454 g/mol. The molecule has 0 bridgehead atoms. The number of para-hydroxylation sites is 1. The van der Waals surface area contributed by atoms with Crippen molar-refractivity contribution in [3.8, 4) is 5.75 Å². The molecule has 0 aliphatic rings. The van der Waals surface area contributed by atoms with Crippen LogP contribution in [0.25, 0.3) is 0 Å². The van der Waals surface area contributed by atoms with Crippen LogP contribution in [0.15, 0.2) is 59.2 Å². The molecule has 3 aromatic rings. The summed E-state index contributed by atoms with van der Waals surface area (Å²) in [5.41, 5.74) is 1.56. The summed E-state index contributed by atoms with van der Waals surface area (Å²) in [5.74, 6) is -0.207. The number of ether oxygens (including phenoxy) is 1. The maximum Gasteiger partial charge on any atom is 0.255 e. The summed E-state index contributed by atoms with van der Waals surface area (Å²) in [5, 5.41) is 5.84. The van der Waals surface area contributed by atoms with Gasteiger partial charge in [0.15, 0.2) is 5.13 Å². The van der Waals surface area contributed by atoms with Crippen LogP contribution in [-0.4, -0.2) is 29.9 Å². The van der Waals surface area contributed by atoms with Crippen molar-refractivity contribution in [1.29, 1.82) is 0 Å². The van der Waals surface area contributed by atoms with Crippen molar-refractivity contribution in [1.82, 2.24) is 10.3 Å². The van der Waals surface area contributed by atoms with Gasteiger partial charge in [0.2, 0.25) is 5.91 Å².